The number of nitriles is 1. The van der Waals surface area contributed by atoms with Gasteiger partial charge in [0.05, 0.1) is 34.8 Å². The number of hydrogen-bond donors (Lipinski definition) is 1. The standard InChI is InChI=1S/C24H24ClFN8O2/c1-15-22(30-31-34(15)18-5-7-32(14-27)8-6-18)16-9-20(23-19(25)11-29-33(23)12-16)36-13-24(2,35)21-4-3-17(26)10-28-21/h3-4,9-12,18,35H,5-8,13H2,1-2H3/t24-/m0/s1. The van der Waals surface area contributed by atoms with Gasteiger partial charge in [0.2, 0.25) is 0 Å². The SMILES string of the molecule is Cc1c(-c2cc(OC[C@](C)(O)c3ccc(F)cn3)c3c(Cl)cnn3c2)nnn1C1CCN(C#N)CC1. The lowest BCUT2D eigenvalue weighted by atomic mass is 10.0. The Morgan fingerprint density at radius 1 is 1.31 bits per heavy atom. The highest BCUT2D eigenvalue weighted by Crippen LogP contribution is 2.34. The molecule has 1 fully saturated rings. The van der Waals surface area contributed by atoms with Crippen molar-refractivity contribution in [3.8, 4) is 23.2 Å². The number of rotatable bonds is 6. The summed E-state index contributed by atoms with van der Waals surface area (Å²) in [5.41, 5.74) is 1.61. The van der Waals surface area contributed by atoms with E-state index in [0.717, 1.165) is 30.3 Å². The van der Waals surface area contributed by atoms with Crippen LogP contribution in [0.4, 0.5) is 4.39 Å². The largest absolute Gasteiger partial charge is 0.488 e. The maximum atomic E-state index is 13.3. The van der Waals surface area contributed by atoms with Gasteiger partial charge in [-0.2, -0.15) is 10.4 Å². The molecule has 0 aliphatic carbocycles. The Morgan fingerprint density at radius 2 is 2.08 bits per heavy atom. The highest BCUT2D eigenvalue weighted by molar-refractivity contribution is 6.34. The molecule has 5 rings (SSSR count). The molecular weight excluding hydrogens is 487 g/mol. The maximum absolute atomic E-state index is 13.3. The van der Waals surface area contributed by atoms with Crippen LogP contribution < -0.4 is 4.74 Å². The summed E-state index contributed by atoms with van der Waals surface area (Å²) in [6, 6.07) is 4.60. The van der Waals surface area contributed by atoms with Crippen molar-refractivity contribution in [3.05, 3.63) is 59.0 Å². The van der Waals surface area contributed by atoms with Crippen molar-refractivity contribution in [1.29, 1.82) is 5.26 Å². The molecule has 4 aromatic heterocycles. The average molecular weight is 511 g/mol. The molecule has 10 nitrogen and oxygen atoms in total. The zero-order valence-corrected chi connectivity index (χ0v) is 20.5. The quantitative estimate of drug-likeness (QED) is 0.392. The van der Waals surface area contributed by atoms with Gasteiger partial charge in [-0.3, -0.25) is 4.98 Å². The lowest BCUT2D eigenvalue weighted by molar-refractivity contribution is 0.00420. The van der Waals surface area contributed by atoms with Crippen molar-refractivity contribution in [2.24, 2.45) is 0 Å². The summed E-state index contributed by atoms with van der Waals surface area (Å²) in [7, 11) is 0. The second kappa shape index (κ2) is 9.37. The first-order valence-electron chi connectivity index (χ1n) is 11.5. The van der Waals surface area contributed by atoms with Crippen molar-refractivity contribution in [2.75, 3.05) is 19.7 Å². The van der Waals surface area contributed by atoms with E-state index in [9.17, 15) is 9.50 Å². The molecule has 0 spiro atoms. The molecule has 4 aromatic rings. The van der Waals surface area contributed by atoms with Crippen molar-refractivity contribution in [2.45, 2.75) is 38.3 Å². The first kappa shape index (κ1) is 24.0. The van der Waals surface area contributed by atoms with E-state index in [0.29, 0.717) is 35.1 Å². The van der Waals surface area contributed by atoms with Crippen molar-refractivity contribution < 1.29 is 14.2 Å². The fourth-order valence-electron chi connectivity index (χ4n) is 4.44. The minimum atomic E-state index is -1.48. The van der Waals surface area contributed by atoms with Gasteiger partial charge >= 0.3 is 0 Å². The van der Waals surface area contributed by atoms with E-state index in [-0.39, 0.29) is 18.3 Å². The topological polar surface area (TPSA) is 117 Å². The maximum Gasteiger partial charge on any atom is 0.179 e. The van der Waals surface area contributed by atoms with Crippen LogP contribution in [0.5, 0.6) is 5.75 Å². The Morgan fingerprint density at radius 3 is 2.78 bits per heavy atom. The van der Waals surface area contributed by atoms with E-state index >= 15 is 0 Å². The minimum Gasteiger partial charge on any atom is -0.488 e. The third kappa shape index (κ3) is 4.45. The van der Waals surface area contributed by atoms with Gasteiger partial charge in [0.25, 0.3) is 0 Å². The summed E-state index contributed by atoms with van der Waals surface area (Å²) in [5, 5.41) is 33.6. The zero-order chi connectivity index (χ0) is 25.4. The van der Waals surface area contributed by atoms with Gasteiger partial charge < -0.3 is 14.7 Å². The summed E-state index contributed by atoms with van der Waals surface area (Å²) in [5.74, 6) is -0.0939. The average Bonchev–Trinajstić information content (AvgIpc) is 3.45. The Kier molecular flexibility index (Phi) is 6.24. The van der Waals surface area contributed by atoms with Gasteiger partial charge in [0.1, 0.15) is 35.0 Å². The number of fused-ring (bicyclic) bond motifs is 1. The fourth-order valence-corrected chi connectivity index (χ4v) is 4.66. The van der Waals surface area contributed by atoms with Crippen LogP contribution in [0.3, 0.4) is 0 Å². The number of pyridine rings is 2. The number of nitrogens with zero attached hydrogens (tertiary/aromatic N) is 8. The van der Waals surface area contributed by atoms with Crippen LogP contribution in [0.2, 0.25) is 5.02 Å². The van der Waals surface area contributed by atoms with Crippen molar-refractivity contribution >= 4 is 17.1 Å². The molecule has 0 bridgehead atoms. The normalized spacial score (nSPS) is 16.2. The van der Waals surface area contributed by atoms with E-state index in [1.165, 1.54) is 18.3 Å². The lowest BCUT2D eigenvalue weighted by Crippen LogP contribution is -2.31. The van der Waals surface area contributed by atoms with Gasteiger partial charge in [-0.05, 0) is 44.9 Å². The number of hydrogen-bond acceptors (Lipinski definition) is 8. The van der Waals surface area contributed by atoms with Crippen LogP contribution in [0.15, 0.2) is 36.8 Å². The number of piperidine rings is 1. The first-order chi connectivity index (χ1) is 17.3. The van der Waals surface area contributed by atoms with E-state index in [2.05, 4.69) is 26.6 Å². The number of ether oxygens (including phenoxy) is 1. The minimum absolute atomic E-state index is 0.157. The third-order valence-electron chi connectivity index (χ3n) is 6.47. The van der Waals surface area contributed by atoms with Gasteiger partial charge in [0.15, 0.2) is 6.19 Å². The number of aliphatic hydroxyl groups is 1. The van der Waals surface area contributed by atoms with Gasteiger partial charge in [-0.25, -0.2) is 13.6 Å². The Bertz CT molecular complexity index is 1440. The predicted molar refractivity (Wildman–Crippen MR) is 129 cm³/mol. The molecule has 1 aliphatic heterocycles. The summed E-state index contributed by atoms with van der Waals surface area (Å²) < 4.78 is 22.8. The number of halogens is 2. The molecule has 1 N–H and O–H groups in total. The van der Waals surface area contributed by atoms with Crippen LogP contribution in [-0.4, -0.2) is 59.3 Å². The summed E-state index contributed by atoms with van der Waals surface area (Å²) in [4.78, 5) is 5.72. The Balaban J connectivity index is 1.45. The molecule has 1 saturated heterocycles. The van der Waals surface area contributed by atoms with E-state index < -0.39 is 11.4 Å². The molecule has 186 valence electrons. The monoisotopic (exact) mass is 510 g/mol. The zero-order valence-electron chi connectivity index (χ0n) is 19.8. The van der Waals surface area contributed by atoms with Crippen LogP contribution in [0.25, 0.3) is 16.8 Å². The molecule has 0 radical (unpaired) electrons. The fraction of sp³-hybridized carbons (Fsp3) is 0.375. The first-order valence-corrected chi connectivity index (χ1v) is 11.9. The number of likely N-dealkylation sites (tertiary alicyclic amines) is 1. The lowest BCUT2D eigenvalue weighted by Gasteiger charge is -2.28. The smallest absolute Gasteiger partial charge is 0.179 e. The van der Waals surface area contributed by atoms with Crippen LogP contribution in [-0.2, 0) is 5.60 Å². The molecule has 0 unspecified atom stereocenters. The molecule has 1 atom stereocenters. The van der Waals surface area contributed by atoms with E-state index in [4.69, 9.17) is 21.6 Å². The highest BCUT2D eigenvalue weighted by atomic mass is 35.5. The van der Waals surface area contributed by atoms with Gasteiger partial charge in [0, 0.05) is 24.8 Å². The molecule has 36 heavy (non-hydrogen) atoms. The second-order valence-electron chi connectivity index (χ2n) is 9.09. The Labute approximate surface area is 211 Å². The molecule has 1 aliphatic rings. The number of aromatic nitrogens is 6. The summed E-state index contributed by atoms with van der Waals surface area (Å²) >= 11 is 6.38. The van der Waals surface area contributed by atoms with Crippen LogP contribution in [0, 0.1) is 24.2 Å². The highest BCUT2D eigenvalue weighted by Gasteiger charge is 2.28. The van der Waals surface area contributed by atoms with Gasteiger partial charge in [-0.1, -0.05) is 16.8 Å². The molecule has 5 heterocycles. The van der Waals surface area contributed by atoms with Crippen LogP contribution in [0.1, 0.15) is 37.2 Å². The summed E-state index contributed by atoms with van der Waals surface area (Å²) in [6.45, 7) is 4.72. The van der Waals surface area contributed by atoms with E-state index in [1.807, 2.05) is 11.6 Å². The van der Waals surface area contributed by atoms with E-state index in [1.54, 1.807) is 28.6 Å². The molecular formula is C24H24ClFN8O2. The molecule has 12 heteroatoms. The third-order valence-corrected chi connectivity index (χ3v) is 6.75. The summed E-state index contributed by atoms with van der Waals surface area (Å²) in [6.07, 6.45) is 8.18. The molecule has 0 amide bonds. The molecule has 0 aromatic carbocycles. The van der Waals surface area contributed by atoms with Gasteiger partial charge in [-0.15, -0.1) is 5.10 Å². The Hall–Kier alpha value is -3.75. The van der Waals surface area contributed by atoms with Crippen LogP contribution >= 0.6 is 11.6 Å². The second-order valence-corrected chi connectivity index (χ2v) is 9.50. The van der Waals surface area contributed by atoms with Crippen molar-refractivity contribution in [1.82, 2.24) is 34.5 Å². The van der Waals surface area contributed by atoms with Crippen molar-refractivity contribution in [3.63, 3.8) is 0 Å². The predicted octanol–water partition coefficient (Wildman–Crippen LogP) is 3.49. The molecule has 0 saturated carbocycles.